The molecular weight excluding hydrogens is 258 g/mol. The monoisotopic (exact) mass is 271 g/mol. The summed E-state index contributed by atoms with van der Waals surface area (Å²) in [6.45, 7) is 4.13. The van der Waals surface area contributed by atoms with Crippen molar-refractivity contribution < 1.29 is 14.4 Å². The number of aromatic nitrogens is 3. The maximum atomic E-state index is 11.3. The number of hydrogen-bond donors (Lipinski definition) is 1. The molecule has 102 valence electrons. The van der Waals surface area contributed by atoms with Crippen LogP contribution in [0.2, 0.25) is 0 Å². The third kappa shape index (κ3) is 1.85. The number of aryl methyl sites for hydroxylation is 2. The Morgan fingerprint density at radius 1 is 1.35 bits per heavy atom. The molecule has 0 aliphatic heterocycles. The number of para-hydroxylation sites is 1. The summed E-state index contributed by atoms with van der Waals surface area (Å²) in [6, 6.07) is 7.28. The van der Waals surface area contributed by atoms with Crippen LogP contribution in [-0.4, -0.2) is 26.0 Å². The van der Waals surface area contributed by atoms with Crippen molar-refractivity contribution in [3.05, 3.63) is 47.0 Å². The van der Waals surface area contributed by atoms with Crippen molar-refractivity contribution in [2.75, 3.05) is 0 Å². The summed E-state index contributed by atoms with van der Waals surface area (Å²) in [4.78, 5) is 11.3. The standard InChI is InChI=1S/C14H13N3O3/c1-8-11(9(2)20-16-8)7-17-12-6-4-3-5-10(12)13(15-17)14(18)19/h3-6H,7H2,1-2H3,(H,18,19). The normalized spacial score (nSPS) is 11.1. The lowest BCUT2D eigenvalue weighted by atomic mass is 10.2. The van der Waals surface area contributed by atoms with Gasteiger partial charge in [-0.15, -0.1) is 0 Å². The molecule has 0 aliphatic rings. The molecule has 0 bridgehead atoms. The van der Waals surface area contributed by atoms with Crippen molar-refractivity contribution in [1.29, 1.82) is 0 Å². The predicted octanol–water partition coefficient (Wildman–Crippen LogP) is 2.39. The molecule has 2 heterocycles. The van der Waals surface area contributed by atoms with Gasteiger partial charge in [0.2, 0.25) is 0 Å². The summed E-state index contributed by atoms with van der Waals surface area (Å²) in [5, 5.41) is 18.0. The van der Waals surface area contributed by atoms with Crippen molar-refractivity contribution in [3.8, 4) is 0 Å². The highest BCUT2D eigenvalue weighted by atomic mass is 16.5. The maximum Gasteiger partial charge on any atom is 0.357 e. The topological polar surface area (TPSA) is 81.2 Å². The number of rotatable bonds is 3. The van der Waals surface area contributed by atoms with Crippen LogP contribution in [0.3, 0.4) is 0 Å². The van der Waals surface area contributed by atoms with Crippen molar-refractivity contribution in [3.63, 3.8) is 0 Å². The fraction of sp³-hybridized carbons (Fsp3) is 0.214. The fourth-order valence-electron chi connectivity index (χ4n) is 2.28. The molecule has 20 heavy (non-hydrogen) atoms. The first-order valence-electron chi connectivity index (χ1n) is 6.18. The Labute approximate surface area is 114 Å². The average Bonchev–Trinajstić information content (AvgIpc) is 2.95. The third-order valence-corrected chi connectivity index (χ3v) is 3.35. The van der Waals surface area contributed by atoms with E-state index in [1.807, 2.05) is 26.0 Å². The van der Waals surface area contributed by atoms with E-state index in [4.69, 9.17) is 4.52 Å². The Kier molecular flexibility index (Phi) is 2.78. The van der Waals surface area contributed by atoms with Crippen molar-refractivity contribution in [1.82, 2.24) is 14.9 Å². The number of fused-ring (bicyclic) bond motifs is 1. The second kappa shape index (κ2) is 4.48. The predicted molar refractivity (Wildman–Crippen MR) is 71.8 cm³/mol. The van der Waals surface area contributed by atoms with E-state index in [2.05, 4.69) is 10.3 Å². The number of benzene rings is 1. The molecule has 1 N–H and O–H groups in total. The van der Waals surface area contributed by atoms with Crippen LogP contribution in [0.15, 0.2) is 28.8 Å². The summed E-state index contributed by atoms with van der Waals surface area (Å²) in [6.07, 6.45) is 0. The number of aromatic carboxylic acids is 1. The van der Waals surface area contributed by atoms with E-state index in [1.54, 1.807) is 16.8 Å². The lowest BCUT2D eigenvalue weighted by molar-refractivity contribution is 0.0691. The highest BCUT2D eigenvalue weighted by Gasteiger charge is 2.18. The molecule has 1 aromatic carbocycles. The van der Waals surface area contributed by atoms with Gasteiger partial charge in [-0.25, -0.2) is 4.79 Å². The van der Waals surface area contributed by atoms with E-state index in [-0.39, 0.29) is 5.69 Å². The zero-order valence-corrected chi connectivity index (χ0v) is 11.1. The van der Waals surface area contributed by atoms with E-state index in [9.17, 15) is 9.90 Å². The van der Waals surface area contributed by atoms with Gasteiger partial charge in [0.15, 0.2) is 5.69 Å². The van der Waals surface area contributed by atoms with E-state index in [0.717, 1.165) is 22.5 Å². The second-order valence-corrected chi connectivity index (χ2v) is 4.63. The quantitative estimate of drug-likeness (QED) is 0.791. The fourth-order valence-corrected chi connectivity index (χ4v) is 2.28. The number of carbonyl (C=O) groups is 1. The lowest BCUT2D eigenvalue weighted by Gasteiger charge is -2.02. The molecule has 0 saturated carbocycles. The molecule has 3 rings (SSSR count). The first kappa shape index (κ1) is 12.4. The molecule has 6 nitrogen and oxygen atoms in total. The van der Waals surface area contributed by atoms with Crippen molar-refractivity contribution in [2.45, 2.75) is 20.4 Å². The minimum atomic E-state index is -1.03. The summed E-state index contributed by atoms with van der Waals surface area (Å²) in [5.74, 6) is -0.308. The van der Waals surface area contributed by atoms with Crippen LogP contribution in [0.5, 0.6) is 0 Å². The van der Waals surface area contributed by atoms with Gasteiger partial charge in [0, 0.05) is 10.9 Å². The molecular formula is C14H13N3O3. The van der Waals surface area contributed by atoms with Gasteiger partial charge in [0.1, 0.15) is 5.76 Å². The Bertz CT molecular complexity index is 782. The van der Waals surface area contributed by atoms with E-state index >= 15 is 0 Å². The number of carboxylic acids is 1. The minimum absolute atomic E-state index is 0.0624. The van der Waals surface area contributed by atoms with Crippen LogP contribution in [0.1, 0.15) is 27.5 Å². The smallest absolute Gasteiger partial charge is 0.357 e. The Morgan fingerprint density at radius 3 is 2.75 bits per heavy atom. The average molecular weight is 271 g/mol. The molecule has 6 heteroatoms. The maximum absolute atomic E-state index is 11.3. The number of hydrogen-bond acceptors (Lipinski definition) is 4. The van der Waals surface area contributed by atoms with Crippen molar-refractivity contribution >= 4 is 16.9 Å². The first-order chi connectivity index (χ1) is 9.58. The van der Waals surface area contributed by atoms with Crippen LogP contribution < -0.4 is 0 Å². The minimum Gasteiger partial charge on any atom is -0.476 e. The highest BCUT2D eigenvalue weighted by Crippen LogP contribution is 2.21. The van der Waals surface area contributed by atoms with Crippen LogP contribution in [0.25, 0.3) is 10.9 Å². The van der Waals surface area contributed by atoms with Crippen LogP contribution in [0.4, 0.5) is 0 Å². The molecule has 2 aromatic heterocycles. The van der Waals surface area contributed by atoms with E-state index in [0.29, 0.717) is 11.9 Å². The first-order valence-corrected chi connectivity index (χ1v) is 6.18. The summed E-state index contributed by atoms with van der Waals surface area (Å²) in [5.41, 5.74) is 2.56. The van der Waals surface area contributed by atoms with Gasteiger partial charge >= 0.3 is 5.97 Å². The molecule has 0 spiro atoms. The zero-order valence-electron chi connectivity index (χ0n) is 11.1. The van der Waals surface area contributed by atoms with E-state index < -0.39 is 5.97 Å². The SMILES string of the molecule is Cc1noc(C)c1Cn1nc(C(=O)O)c2ccccc21. The van der Waals surface area contributed by atoms with Crippen LogP contribution in [-0.2, 0) is 6.54 Å². The summed E-state index contributed by atoms with van der Waals surface area (Å²) in [7, 11) is 0. The third-order valence-electron chi connectivity index (χ3n) is 3.35. The Hall–Kier alpha value is -2.63. The van der Waals surface area contributed by atoms with Gasteiger partial charge in [-0.1, -0.05) is 23.4 Å². The van der Waals surface area contributed by atoms with Gasteiger partial charge < -0.3 is 9.63 Å². The largest absolute Gasteiger partial charge is 0.476 e. The van der Waals surface area contributed by atoms with Crippen LogP contribution >= 0.6 is 0 Å². The van der Waals surface area contributed by atoms with E-state index in [1.165, 1.54) is 0 Å². The van der Waals surface area contributed by atoms with Crippen LogP contribution in [0, 0.1) is 13.8 Å². The van der Waals surface area contributed by atoms with Crippen molar-refractivity contribution in [2.24, 2.45) is 0 Å². The molecule has 0 fully saturated rings. The summed E-state index contributed by atoms with van der Waals surface area (Å²) >= 11 is 0. The number of carboxylic acid groups (broad SMARTS) is 1. The molecule has 0 atom stereocenters. The van der Waals surface area contributed by atoms with Gasteiger partial charge in [0.25, 0.3) is 0 Å². The highest BCUT2D eigenvalue weighted by molar-refractivity contribution is 6.01. The van der Waals surface area contributed by atoms with Gasteiger partial charge in [-0.05, 0) is 19.9 Å². The molecule has 0 unspecified atom stereocenters. The Balaban J connectivity index is 2.15. The Morgan fingerprint density at radius 2 is 2.10 bits per heavy atom. The molecule has 3 aromatic rings. The molecule has 0 radical (unpaired) electrons. The summed E-state index contributed by atoms with van der Waals surface area (Å²) < 4.78 is 6.80. The van der Waals surface area contributed by atoms with Gasteiger partial charge in [0.05, 0.1) is 17.8 Å². The lowest BCUT2D eigenvalue weighted by Crippen LogP contribution is -2.05. The molecule has 0 saturated heterocycles. The zero-order chi connectivity index (χ0) is 14.3. The van der Waals surface area contributed by atoms with Gasteiger partial charge in [-0.3, -0.25) is 4.68 Å². The molecule has 0 amide bonds. The van der Waals surface area contributed by atoms with Gasteiger partial charge in [-0.2, -0.15) is 5.10 Å². The second-order valence-electron chi connectivity index (χ2n) is 4.63. The molecule has 0 aliphatic carbocycles. The number of nitrogens with zero attached hydrogens (tertiary/aromatic N) is 3.